The third-order valence-corrected chi connectivity index (χ3v) is 6.40. The van der Waals surface area contributed by atoms with Crippen molar-refractivity contribution in [3.63, 3.8) is 0 Å². The molecule has 0 unspecified atom stereocenters. The van der Waals surface area contributed by atoms with Gasteiger partial charge in [0, 0.05) is 21.3 Å². The van der Waals surface area contributed by atoms with Crippen LogP contribution in [-0.4, -0.2) is 12.2 Å². The Bertz CT molecular complexity index is 755. The highest BCUT2D eigenvalue weighted by atomic mass is 35.5. The van der Waals surface area contributed by atoms with Gasteiger partial charge in [-0.2, -0.15) is 0 Å². The fourth-order valence-corrected chi connectivity index (χ4v) is 5.41. The Morgan fingerprint density at radius 3 is 2.00 bits per heavy atom. The number of halogens is 2. The Hall–Kier alpha value is -1.03. The lowest BCUT2D eigenvalue weighted by atomic mass is 10.2. The zero-order valence-corrected chi connectivity index (χ0v) is 17.7. The van der Waals surface area contributed by atoms with Crippen molar-refractivity contribution in [2.45, 2.75) is 45.7 Å². The van der Waals surface area contributed by atoms with Gasteiger partial charge in [-0.05, 0) is 52.0 Å². The van der Waals surface area contributed by atoms with Crippen molar-refractivity contribution in [1.29, 1.82) is 0 Å². The van der Waals surface area contributed by atoms with Gasteiger partial charge in [0.25, 0.3) is 0 Å². The first-order valence-electron chi connectivity index (χ1n) is 8.44. The smallest absolute Gasteiger partial charge is 0.357 e. The molecule has 1 N–H and O–H groups in total. The van der Waals surface area contributed by atoms with E-state index in [9.17, 15) is 4.57 Å². The molecule has 0 aliphatic rings. The Morgan fingerprint density at radius 1 is 0.923 bits per heavy atom. The van der Waals surface area contributed by atoms with Crippen LogP contribution in [0, 0.1) is 0 Å². The quantitative estimate of drug-likeness (QED) is 0.465. The first kappa shape index (κ1) is 21.3. The zero-order chi connectivity index (χ0) is 19.3. The number of anilines is 1. The predicted molar refractivity (Wildman–Crippen MR) is 109 cm³/mol. The van der Waals surface area contributed by atoms with E-state index in [0.717, 1.165) is 5.69 Å². The van der Waals surface area contributed by atoms with Crippen LogP contribution in [0.3, 0.4) is 0 Å². The Morgan fingerprint density at radius 2 is 1.50 bits per heavy atom. The topological polar surface area (TPSA) is 47.6 Å². The number of nitrogens with one attached hydrogen (secondary N) is 1. The molecule has 142 valence electrons. The number of hydrogen-bond donors (Lipinski definition) is 1. The molecule has 26 heavy (non-hydrogen) atoms. The van der Waals surface area contributed by atoms with Gasteiger partial charge in [-0.15, -0.1) is 0 Å². The van der Waals surface area contributed by atoms with Crippen molar-refractivity contribution in [3.05, 3.63) is 64.1 Å². The lowest BCUT2D eigenvalue weighted by Crippen LogP contribution is -2.19. The maximum Gasteiger partial charge on any atom is 0.357 e. The van der Waals surface area contributed by atoms with Gasteiger partial charge in [-0.1, -0.05) is 47.5 Å². The van der Waals surface area contributed by atoms with Crippen molar-refractivity contribution in [2.24, 2.45) is 0 Å². The molecule has 0 saturated heterocycles. The molecule has 7 heteroatoms. The molecule has 2 rings (SSSR count). The average Bonchev–Trinajstić information content (AvgIpc) is 2.52. The van der Waals surface area contributed by atoms with E-state index in [4.69, 9.17) is 32.2 Å². The van der Waals surface area contributed by atoms with E-state index in [1.165, 1.54) is 0 Å². The normalized spacial score (nSPS) is 13.2. The lowest BCUT2D eigenvalue weighted by molar-refractivity contribution is 0.138. The second kappa shape index (κ2) is 9.25. The standard InChI is InChI=1S/C19H24Cl2NO3P/c1-13(2)24-26(23,25-14(3)4)19(22-16-8-6-5-7-9-16)17-11-10-15(20)12-18(17)21/h5-14,19,22H,1-4H3/t19-/m0/s1. The van der Waals surface area contributed by atoms with Crippen molar-refractivity contribution in [2.75, 3.05) is 5.32 Å². The molecule has 0 spiro atoms. The molecule has 2 aromatic rings. The summed E-state index contributed by atoms with van der Waals surface area (Å²) in [5.41, 5.74) is 1.38. The fraction of sp³-hybridized carbons (Fsp3) is 0.368. The van der Waals surface area contributed by atoms with E-state index in [1.54, 1.807) is 18.2 Å². The summed E-state index contributed by atoms with van der Waals surface area (Å²) < 4.78 is 25.4. The first-order valence-corrected chi connectivity index (χ1v) is 10.8. The molecule has 1 atom stereocenters. The van der Waals surface area contributed by atoms with Gasteiger partial charge in [0.05, 0.1) is 12.2 Å². The summed E-state index contributed by atoms with van der Waals surface area (Å²) >= 11 is 12.4. The molecule has 0 heterocycles. The fourth-order valence-electron chi connectivity index (χ4n) is 2.48. The van der Waals surface area contributed by atoms with Crippen molar-refractivity contribution in [1.82, 2.24) is 0 Å². The third-order valence-electron chi connectivity index (χ3n) is 3.37. The van der Waals surface area contributed by atoms with Gasteiger partial charge < -0.3 is 14.4 Å². The summed E-state index contributed by atoms with van der Waals surface area (Å²) in [5.74, 6) is -0.778. The van der Waals surface area contributed by atoms with Crippen LogP contribution in [-0.2, 0) is 13.6 Å². The third kappa shape index (κ3) is 5.73. The van der Waals surface area contributed by atoms with E-state index in [-0.39, 0.29) is 12.2 Å². The number of benzene rings is 2. The zero-order valence-electron chi connectivity index (χ0n) is 15.3. The Labute approximate surface area is 165 Å². The van der Waals surface area contributed by atoms with Crippen LogP contribution in [0.25, 0.3) is 0 Å². The lowest BCUT2D eigenvalue weighted by Gasteiger charge is -2.31. The minimum atomic E-state index is -3.61. The van der Waals surface area contributed by atoms with E-state index >= 15 is 0 Å². The van der Waals surface area contributed by atoms with Crippen molar-refractivity contribution in [3.8, 4) is 0 Å². The Kier molecular flexibility index (Phi) is 7.57. The van der Waals surface area contributed by atoms with E-state index in [0.29, 0.717) is 15.6 Å². The summed E-state index contributed by atoms with van der Waals surface area (Å²) in [6, 6.07) is 14.5. The molecule has 0 amide bonds. The number of para-hydroxylation sites is 1. The van der Waals surface area contributed by atoms with Crippen LogP contribution >= 0.6 is 30.8 Å². The highest BCUT2D eigenvalue weighted by Crippen LogP contribution is 2.63. The van der Waals surface area contributed by atoms with E-state index < -0.39 is 13.4 Å². The Balaban J connectivity index is 2.54. The first-order chi connectivity index (χ1) is 12.2. The summed E-state index contributed by atoms with van der Waals surface area (Å²) in [6.45, 7) is 7.28. The maximum absolute atomic E-state index is 13.8. The molecule has 0 aromatic heterocycles. The molecule has 4 nitrogen and oxygen atoms in total. The molecule has 0 bridgehead atoms. The van der Waals surface area contributed by atoms with Gasteiger partial charge in [-0.25, -0.2) is 0 Å². The van der Waals surface area contributed by atoms with Crippen LogP contribution in [0.2, 0.25) is 10.0 Å². The largest absolute Gasteiger partial charge is 0.368 e. The molecule has 0 saturated carbocycles. The molecular formula is C19H24Cl2NO3P. The van der Waals surface area contributed by atoms with Crippen molar-refractivity contribution >= 4 is 36.5 Å². The van der Waals surface area contributed by atoms with Gasteiger partial charge >= 0.3 is 7.60 Å². The average molecular weight is 416 g/mol. The number of hydrogen-bond acceptors (Lipinski definition) is 4. The summed E-state index contributed by atoms with van der Waals surface area (Å²) in [4.78, 5) is 0. The van der Waals surface area contributed by atoms with Crippen LogP contribution < -0.4 is 5.32 Å². The maximum atomic E-state index is 13.8. The van der Waals surface area contributed by atoms with Crippen molar-refractivity contribution < 1.29 is 13.6 Å². The highest BCUT2D eigenvalue weighted by Gasteiger charge is 2.40. The van der Waals surface area contributed by atoms with Gasteiger partial charge in [0.15, 0.2) is 5.78 Å². The second-order valence-electron chi connectivity index (χ2n) is 6.43. The number of rotatable bonds is 8. The molecule has 2 aromatic carbocycles. The van der Waals surface area contributed by atoms with Crippen LogP contribution in [0.15, 0.2) is 48.5 Å². The van der Waals surface area contributed by atoms with Gasteiger partial charge in [0.1, 0.15) is 0 Å². The molecular weight excluding hydrogens is 392 g/mol. The summed E-state index contributed by atoms with van der Waals surface area (Å²) in [5, 5.41) is 4.16. The van der Waals surface area contributed by atoms with Gasteiger partial charge in [0.2, 0.25) is 0 Å². The highest BCUT2D eigenvalue weighted by molar-refractivity contribution is 7.54. The minimum absolute atomic E-state index is 0.286. The summed E-state index contributed by atoms with van der Waals surface area (Å²) in [7, 11) is -3.61. The van der Waals surface area contributed by atoms with Crippen LogP contribution in [0.4, 0.5) is 5.69 Å². The molecule has 0 aliphatic heterocycles. The van der Waals surface area contributed by atoms with Crippen LogP contribution in [0.1, 0.15) is 39.0 Å². The minimum Gasteiger partial charge on any atom is -0.368 e. The van der Waals surface area contributed by atoms with Gasteiger partial charge in [-0.3, -0.25) is 4.57 Å². The molecule has 0 aliphatic carbocycles. The summed E-state index contributed by atoms with van der Waals surface area (Å²) in [6.07, 6.45) is -0.573. The van der Waals surface area contributed by atoms with E-state index in [1.807, 2.05) is 58.0 Å². The van der Waals surface area contributed by atoms with E-state index in [2.05, 4.69) is 5.32 Å². The molecule has 0 fully saturated rings. The van der Waals surface area contributed by atoms with Crippen LogP contribution in [0.5, 0.6) is 0 Å². The monoisotopic (exact) mass is 415 g/mol. The predicted octanol–water partition coefficient (Wildman–Crippen LogP) is 7.15. The second-order valence-corrected chi connectivity index (χ2v) is 9.29. The molecule has 0 radical (unpaired) electrons. The SMILES string of the molecule is CC(C)OP(=O)(OC(C)C)[C@H](Nc1ccccc1)c1ccc(Cl)cc1Cl.